The van der Waals surface area contributed by atoms with E-state index in [1.54, 1.807) is 6.07 Å². The first kappa shape index (κ1) is 21.8. The molecule has 0 bridgehead atoms. The summed E-state index contributed by atoms with van der Waals surface area (Å²) in [5.74, 6) is 0. The number of halogens is 3. The van der Waals surface area contributed by atoms with E-state index >= 15 is 0 Å². The largest absolute Gasteiger partial charge is 0.334 e. The quantitative estimate of drug-likeness (QED) is 0.351. The molecule has 2 aromatic heterocycles. The first-order valence-corrected chi connectivity index (χ1v) is 12.4. The summed E-state index contributed by atoms with van der Waals surface area (Å²) in [5.41, 5.74) is 4.58. The van der Waals surface area contributed by atoms with Gasteiger partial charge in [0.25, 0.3) is 0 Å². The van der Waals surface area contributed by atoms with Gasteiger partial charge in [0.2, 0.25) is 0 Å². The number of carbonyl (C=O) groups excluding carboxylic acids is 1. The number of urea groups is 1. The second kappa shape index (κ2) is 9.78. The molecule has 0 fully saturated rings. The zero-order valence-electron chi connectivity index (χ0n) is 15.6. The minimum atomic E-state index is -0.269. The summed E-state index contributed by atoms with van der Waals surface area (Å²) >= 11 is 17.9. The van der Waals surface area contributed by atoms with Gasteiger partial charge < -0.3 is 5.32 Å². The third-order valence-corrected chi connectivity index (χ3v) is 7.89. The lowest BCUT2D eigenvalue weighted by Crippen LogP contribution is -2.31. The Balaban J connectivity index is 1.41. The van der Waals surface area contributed by atoms with Gasteiger partial charge in [0, 0.05) is 11.0 Å². The fourth-order valence-electron chi connectivity index (χ4n) is 3.25. The van der Waals surface area contributed by atoms with E-state index in [0.29, 0.717) is 15.9 Å². The van der Waals surface area contributed by atoms with Crippen LogP contribution < -0.4 is 10.0 Å². The number of aryl methyl sites for hydroxylation is 1. The first-order chi connectivity index (χ1) is 14.5. The van der Waals surface area contributed by atoms with E-state index in [2.05, 4.69) is 37.1 Å². The van der Waals surface area contributed by atoms with Crippen molar-refractivity contribution in [3.63, 3.8) is 0 Å². The molecule has 0 spiro atoms. The molecule has 30 heavy (non-hydrogen) atoms. The number of aromatic nitrogens is 2. The van der Waals surface area contributed by atoms with Crippen LogP contribution in [0.15, 0.2) is 51.3 Å². The van der Waals surface area contributed by atoms with Crippen LogP contribution in [0.4, 0.5) is 4.79 Å². The van der Waals surface area contributed by atoms with Gasteiger partial charge in [0.15, 0.2) is 0 Å². The third kappa shape index (κ3) is 5.06. The van der Waals surface area contributed by atoms with E-state index in [9.17, 15) is 4.79 Å². The molecule has 0 radical (unpaired) electrons. The van der Waals surface area contributed by atoms with Crippen molar-refractivity contribution in [2.45, 2.75) is 23.5 Å². The molecule has 0 saturated heterocycles. The van der Waals surface area contributed by atoms with Gasteiger partial charge in [0.1, 0.15) is 4.34 Å². The van der Waals surface area contributed by atoms with E-state index < -0.39 is 0 Å². The summed E-state index contributed by atoms with van der Waals surface area (Å²) in [5, 5.41) is 7.96. The summed E-state index contributed by atoms with van der Waals surface area (Å²) in [6.07, 6.45) is 7.06. The van der Waals surface area contributed by atoms with E-state index in [0.717, 1.165) is 39.3 Å². The Morgan fingerprint density at radius 3 is 2.83 bits per heavy atom. The highest BCUT2D eigenvalue weighted by atomic mass is 79.9. The summed E-state index contributed by atoms with van der Waals surface area (Å²) in [4.78, 5) is 12.1. The lowest BCUT2D eigenvalue weighted by Gasteiger charge is -2.18. The van der Waals surface area contributed by atoms with E-state index in [1.807, 2.05) is 35.1 Å². The van der Waals surface area contributed by atoms with Gasteiger partial charge in [-0.05, 0) is 72.7 Å². The SMILES string of the molecule is O=C(NC/C=C1\CCCc2cnn(-c3ccc(Br)cc3)c21)NSc1cc(Cl)c(Cl)s1. The average Bonchev–Trinajstić information content (AvgIpc) is 3.31. The van der Waals surface area contributed by atoms with Gasteiger partial charge in [-0.1, -0.05) is 45.2 Å². The van der Waals surface area contributed by atoms with Crippen molar-refractivity contribution >= 4 is 74.0 Å². The average molecular weight is 544 g/mol. The monoisotopic (exact) mass is 542 g/mol. The molecule has 156 valence electrons. The van der Waals surface area contributed by atoms with Gasteiger partial charge in [-0.3, -0.25) is 4.72 Å². The number of amides is 2. The lowest BCUT2D eigenvalue weighted by atomic mass is 9.92. The van der Waals surface area contributed by atoms with E-state index in [-0.39, 0.29) is 6.03 Å². The fourth-order valence-corrected chi connectivity index (χ4v) is 5.80. The lowest BCUT2D eigenvalue weighted by molar-refractivity contribution is 0.247. The predicted molar refractivity (Wildman–Crippen MR) is 129 cm³/mol. The molecule has 1 aliphatic carbocycles. The molecule has 4 rings (SSSR count). The smallest absolute Gasteiger partial charge is 0.325 e. The number of nitrogens with zero attached hydrogens (tertiary/aromatic N) is 2. The summed E-state index contributed by atoms with van der Waals surface area (Å²) in [6.45, 7) is 0.429. The van der Waals surface area contributed by atoms with Crippen LogP contribution in [0.5, 0.6) is 0 Å². The zero-order chi connectivity index (χ0) is 21.1. The molecule has 2 N–H and O–H groups in total. The van der Waals surface area contributed by atoms with Crippen LogP contribution in [0.3, 0.4) is 0 Å². The van der Waals surface area contributed by atoms with E-state index in [1.165, 1.54) is 34.4 Å². The van der Waals surface area contributed by atoms with Gasteiger partial charge in [-0.25, -0.2) is 9.48 Å². The van der Waals surface area contributed by atoms with Crippen LogP contribution in [0.2, 0.25) is 9.36 Å². The molecular weight excluding hydrogens is 527 g/mol. The topological polar surface area (TPSA) is 59.0 Å². The van der Waals surface area contributed by atoms with Crippen LogP contribution in [0.25, 0.3) is 11.3 Å². The van der Waals surface area contributed by atoms with Crippen LogP contribution >= 0.6 is 62.4 Å². The second-order valence-corrected chi connectivity index (χ2v) is 10.7. The number of allylic oxidation sites excluding steroid dienone is 1. The number of thiophene rings is 1. The maximum atomic E-state index is 12.1. The molecule has 3 aromatic rings. The number of hydrogen-bond donors (Lipinski definition) is 2. The zero-order valence-corrected chi connectivity index (χ0v) is 20.4. The highest BCUT2D eigenvalue weighted by Gasteiger charge is 2.20. The number of carbonyl (C=O) groups is 1. The van der Waals surface area contributed by atoms with Crippen molar-refractivity contribution in [3.05, 3.63) is 67.7 Å². The van der Waals surface area contributed by atoms with Gasteiger partial charge in [0.05, 0.1) is 26.8 Å². The molecular formula is C20H17BrCl2N4OS2. The maximum absolute atomic E-state index is 12.1. The highest BCUT2D eigenvalue weighted by Crippen LogP contribution is 2.36. The Bertz CT molecular complexity index is 1080. The second-order valence-electron chi connectivity index (χ2n) is 6.59. The fraction of sp³-hybridized carbons (Fsp3) is 0.200. The Hall–Kier alpha value is -1.45. The van der Waals surface area contributed by atoms with Gasteiger partial charge in [-0.15, -0.1) is 11.3 Å². The van der Waals surface area contributed by atoms with Crippen molar-refractivity contribution in [2.24, 2.45) is 0 Å². The summed E-state index contributed by atoms with van der Waals surface area (Å²) in [6, 6.07) is 9.55. The molecule has 1 aliphatic rings. The molecule has 2 heterocycles. The molecule has 5 nitrogen and oxygen atoms in total. The Kier molecular flexibility index (Phi) is 7.10. The number of benzene rings is 1. The Morgan fingerprint density at radius 2 is 2.10 bits per heavy atom. The van der Waals surface area contributed by atoms with Crippen LogP contribution in [0.1, 0.15) is 24.1 Å². The Morgan fingerprint density at radius 1 is 1.30 bits per heavy atom. The number of nitrogens with one attached hydrogen (secondary N) is 2. The molecule has 0 saturated carbocycles. The molecule has 0 atom stereocenters. The van der Waals surface area contributed by atoms with Gasteiger partial charge in [-0.2, -0.15) is 5.10 Å². The maximum Gasteiger partial charge on any atom is 0.325 e. The molecule has 0 aliphatic heterocycles. The minimum Gasteiger partial charge on any atom is -0.334 e. The van der Waals surface area contributed by atoms with Crippen molar-refractivity contribution in [3.8, 4) is 5.69 Å². The number of fused-ring (bicyclic) bond motifs is 1. The Labute approximate surface area is 201 Å². The molecule has 10 heteroatoms. The normalized spacial score (nSPS) is 14.6. The third-order valence-electron chi connectivity index (χ3n) is 4.59. The molecule has 2 amide bonds. The summed E-state index contributed by atoms with van der Waals surface area (Å²) < 4.78 is 7.10. The van der Waals surface area contributed by atoms with E-state index in [4.69, 9.17) is 23.2 Å². The van der Waals surface area contributed by atoms with Gasteiger partial charge >= 0.3 is 6.03 Å². The minimum absolute atomic E-state index is 0.269. The molecule has 0 unspecified atom stereocenters. The predicted octanol–water partition coefficient (Wildman–Crippen LogP) is 6.73. The number of hydrogen-bond acceptors (Lipinski definition) is 4. The number of rotatable bonds is 5. The van der Waals surface area contributed by atoms with Crippen molar-refractivity contribution in [1.82, 2.24) is 19.8 Å². The highest BCUT2D eigenvalue weighted by molar-refractivity contribution is 9.10. The van der Waals surface area contributed by atoms with Crippen molar-refractivity contribution < 1.29 is 4.79 Å². The van der Waals surface area contributed by atoms with Crippen LogP contribution in [-0.4, -0.2) is 22.4 Å². The summed E-state index contributed by atoms with van der Waals surface area (Å²) in [7, 11) is 0. The molecule has 1 aromatic carbocycles. The van der Waals surface area contributed by atoms with Crippen LogP contribution in [-0.2, 0) is 6.42 Å². The van der Waals surface area contributed by atoms with Crippen LogP contribution in [0, 0.1) is 0 Å². The standard InChI is InChI=1S/C20H17BrCl2N4OS2/c21-14-4-6-15(7-5-14)27-18-12(2-1-3-13(18)11-25-27)8-9-24-20(28)26-30-17-10-16(22)19(23)29-17/h4-8,10-11H,1-3,9H2,(H2,24,26,28)/b12-8+. The van der Waals surface area contributed by atoms with Crippen molar-refractivity contribution in [2.75, 3.05) is 6.54 Å². The first-order valence-electron chi connectivity index (χ1n) is 9.19. The van der Waals surface area contributed by atoms with Crippen molar-refractivity contribution in [1.29, 1.82) is 0 Å².